The van der Waals surface area contributed by atoms with Crippen molar-refractivity contribution in [3.05, 3.63) is 65.7 Å². The Morgan fingerprint density at radius 3 is 3.03 bits per heavy atom. The number of pyridine rings is 1. The Labute approximate surface area is 174 Å². The van der Waals surface area contributed by atoms with E-state index in [9.17, 15) is 4.39 Å². The Morgan fingerprint density at radius 2 is 2.10 bits per heavy atom. The molecule has 0 amide bonds. The molecule has 30 heavy (non-hydrogen) atoms. The normalized spacial score (nSPS) is 15.7. The molecule has 154 valence electrons. The number of aromatic nitrogens is 2. The van der Waals surface area contributed by atoms with Gasteiger partial charge in [-0.1, -0.05) is 0 Å². The fourth-order valence-corrected chi connectivity index (χ4v) is 4.00. The summed E-state index contributed by atoms with van der Waals surface area (Å²) in [5.74, 6) is 1.35. The summed E-state index contributed by atoms with van der Waals surface area (Å²) in [7, 11) is 0. The van der Waals surface area contributed by atoms with E-state index in [1.807, 2.05) is 37.4 Å². The van der Waals surface area contributed by atoms with E-state index in [2.05, 4.69) is 15.3 Å². The zero-order chi connectivity index (χ0) is 20.5. The number of aryl methyl sites for hydroxylation is 2. The topological polar surface area (TPSA) is 59.2 Å². The molecule has 0 saturated heterocycles. The summed E-state index contributed by atoms with van der Waals surface area (Å²) in [6, 6.07) is 12.8. The van der Waals surface area contributed by atoms with Gasteiger partial charge in [-0.15, -0.1) is 0 Å². The van der Waals surface area contributed by atoms with Gasteiger partial charge in [0.2, 0.25) is 0 Å². The third kappa shape index (κ3) is 3.71. The standard InChI is InChI=1S/C24H24FN3O2/c1-15-4-6-19-22(28-15)8-9-23-24(19)30-18(14-29-23)13-26-10-2-3-16-12-27-21-7-5-17(25)11-20(16)21/h4-9,11-12,18,26-27H,2-3,10,13-14H2,1H3. The van der Waals surface area contributed by atoms with Gasteiger partial charge >= 0.3 is 0 Å². The highest BCUT2D eigenvalue weighted by atomic mass is 19.1. The van der Waals surface area contributed by atoms with Crippen LogP contribution in [0.2, 0.25) is 0 Å². The molecule has 2 aromatic heterocycles. The summed E-state index contributed by atoms with van der Waals surface area (Å²) >= 11 is 0. The van der Waals surface area contributed by atoms with Gasteiger partial charge in [-0.05, 0) is 74.3 Å². The van der Waals surface area contributed by atoms with E-state index < -0.39 is 0 Å². The Hall–Kier alpha value is -3.12. The molecule has 1 atom stereocenters. The van der Waals surface area contributed by atoms with Gasteiger partial charge in [0, 0.05) is 34.7 Å². The van der Waals surface area contributed by atoms with E-state index in [1.54, 1.807) is 12.1 Å². The quantitative estimate of drug-likeness (QED) is 0.463. The van der Waals surface area contributed by atoms with E-state index in [-0.39, 0.29) is 11.9 Å². The lowest BCUT2D eigenvalue weighted by Crippen LogP contribution is -2.38. The molecule has 6 heteroatoms. The summed E-state index contributed by atoms with van der Waals surface area (Å²) < 4.78 is 25.7. The summed E-state index contributed by atoms with van der Waals surface area (Å²) in [5.41, 5.74) is 4.02. The van der Waals surface area contributed by atoms with Crippen molar-refractivity contribution in [2.75, 3.05) is 19.7 Å². The second-order valence-electron chi connectivity index (χ2n) is 7.77. The van der Waals surface area contributed by atoms with Crippen LogP contribution in [0.4, 0.5) is 4.39 Å². The summed E-state index contributed by atoms with van der Waals surface area (Å²) in [6.45, 7) is 4.06. The first-order valence-corrected chi connectivity index (χ1v) is 10.3. The molecule has 1 aliphatic heterocycles. The molecule has 0 spiro atoms. The maximum atomic E-state index is 13.5. The zero-order valence-corrected chi connectivity index (χ0v) is 16.9. The number of hydrogen-bond acceptors (Lipinski definition) is 4. The average molecular weight is 405 g/mol. The van der Waals surface area contributed by atoms with Crippen molar-refractivity contribution in [3.8, 4) is 11.5 Å². The van der Waals surface area contributed by atoms with Crippen molar-refractivity contribution < 1.29 is 13.9 Å². The number of fused-ring (bicyclic) bond motifs is 4. The number of benzene rings is 2. The van der Waals surface area contributed by atoms with Gasteiger partial charge < -0.3 is 19.8 Å². The minimum atomic E-state index is -0.200. The van der Waals surface area contributed by atoms with E-state index in [4.69, 9.17) is 9.47 Å². The fourth-order valence-electron chi connectivity index (χ4n) is 4.00. The second-order valence-corrected chi connectivity index (χ2v) is 7.77. The first-order chi connectivity index (χ1) is 14.7. The molecule has 1 unspecified atom stereocenters. The maximum absolute atomic E-state index is 13.5. The van der Waals surface area contributed by atoms with Crippen molar-refractivity contribution in [1.29, 1.82) is 0 Å². The Balaban J connectivity index is 1.16. The maximum Gasteiger partial charge on any atom is 0.171 e. The molecule has 0 bridgehead atoms. The van der Waals surface area contributed by atoms with Gasteiger partial charge in [0.05, 0.1) is 5.52 Å². The van der Waals surface area contributed by atoms with Crippen LogP contribution in [0.1, 0.15) is 17.7 Å². The van der Waals surface area contributed by atoms with Crippen LogP contribution in [0.5, 0.6) is 11.5 Å². The number of aromatic amines is 1. The van der Waals surface area contributed by atoms with Gasteiger partial charge in [0.25, 0.3) is 0 Å². The number of nitrogens with one attached hydrogen (secondary N) is 2. The van der Waals surface area contributed by atoms with Crippen LogP contribution in [0, 0.1) is 12.7 Å². The lowest BCUT2D eigenvalue weighted by Gasteiger charge is -2.27. The number of rotatable bonds is 6. The predicted octanol–water partition coefficient (Wildman–Crippen LogP) is 4.53. The highest BCUT2D eigenvalue weighted by molar-refractivity contribution is 5.88. The van der Waals surface area contributed by atoms with Crippen LogP contribution in [0.15, 0.2) is 48.7 Å². The largest absolute Gasteiger partial charge is 0.486 e. The first kappa shape index (κ1) is 18.9. The zero-order valence-electron chi connectivity index (χ0n) is 16.9. The lowest BCUT2D eigenvalue weighted by atomic mass is 10.1. The van der Waals surface area contributed by atoms with E-state index in [1.165, 1.54) is 6.07 Å². The molecule has 2 aromatic carbocycles. The SMILES string of the molecule is Cc1ccc2c3c(ccc2n1)OCC(CNCCCc1c[nH]c2ccc(F)cc12)O3. The van der Waals surface area contributed by atoms with E-state index in [0.29, 0.717) is 13.2 Å². The molecule has 2 N–H and O–H groups in total. The van der Waals surface area contributed by atoms with Gasteiger partial charge in [-0.3, -0.25) is 4.98 Å². The minimum Gasteiger partial charge on any atom is -0.486 e. The second kappa shape index (κ2) is 7.95. The number of ether oxygens (including phenoxy) is 2. The highest BCUT2D eigenvalue weighted by Crippen LogP contribution is 2.38. The lowest BCUT2D eigenvalue weighted by molar-refractivity contribution is 0.0925. The van der Waals surface area contributed by atoms with Crippen molar-refractivity contribution in [1.82, 2.24) is 15.3 Å². The molecule has 4 aromatic rings. The molecule has 3 heterocycles. The molecule has 5 rings (SSSR count). The summed E-state index contributed by atoms with van der Waals surface area (Å²) in [5, 5.41) is 5.41. The Morgan fingerprint density at radius 1 is 1.17 bits per heavy atom. The molecular formula is C24H24FN3O2. The average Bonchev–Trinajstić information content (AvgIpc) is 3.15. The van der Waals surface area contributed by atoms with Crippen molar-refractivity contribution >= 4 is 21.8 Å². The first-order valence-electron chi connectivity index (χ1n) is 10.3. The minimum absolute atomic E-state index is 0.0495. The molecule has 0 saturated carbocycles. The number of halogens is 1. The van der Waals surface area contributed by atoms with Gasteiger partial charge in [0.1, 0.15) is 18.5 Å². The number of H-pyrrole nitrogens is 1. The van der Waals surface area contributed by atoms with Crippen molar-refractivity contribution in [2.45, 2.75) is 25.9 Å². The summed E-state index contributed by atoms with van der Waals surface area (Å²) in [6.07, 6.45) is 3.77. The number of hydrogen-bond donors (Lipinski definition) is 2. The van der Waals surface area contributed by atoms with Crippen LogP contribution in [-0.4, -0.2) is 35.8 Å². The molecule has 0 fully saturated rings. The van der Waals surface area contributed by atoms with Gasteiger partial charge in [-0.25, -0.2) is 4.39 Å². The van der Waals surface area contributed by atoms with Gasteiger partial charge in [0.15, 0.2) is 11.5 Å². The van der Waals surface area contributed by atoms with Crippen LogP contribution < -0.4 is 14.8 Å². The smallest absolute Gasteiger partial charge is 0.171 e. The highest BCUT2D eigenvalue weighted by Gasteiger charge is 2.23. The van der Waals surface area contributed by atoms with E-state index >= 15 is 0 Å². The third-order valence-electron chi connectivity index (χ3n) is 5.54. The van der Waals surface area contributed by atoms with Crippen LogP contribution in [0.25, 0.3) is 21.8 Å². The van der Waals surface area contributed by atoms with Crippen molar-refractivity contribution in [3.63, 3.8) is 0 Å². The molecule has 5 nitrogen and oxygen atoms in total. The Bertz CT molecular complexity index is 1200. The van der Waals surface area contributed by atoms with Crippen LogP contribution in [0.3, 0.4) is 0 Å². The van der Waals surface area contributed by atoms with Gasteiger partial charge in [-0.2, -0.15) is 0 Å². The molecular weight excluding hydrogens is 381 g/mol. The molecule has 1 aliphatic rings. The van der Waals surface area contributed by atoms with Crippen molar-refractivity contribution in [2.24, 2.45) is 0 Å². The summed E-state index contributed by atoms with van der Waals surface area (Å²) in [4.78, 5) is 7.78. The Kier molecular flexibility index (Phi) is 5.01. The van der Waals surface area contributed by atoms with Crippen LogP contribution in [-0.2, 0) is 6.42 Å². The fraction of sp³-hybridized carbons (Fsp3) is 0.292. The predicted molar refractivity (Wildman–Crippen MR) is 116 cm³/mol. The monoisotopic (exact) mass is 405 g/mol. The van der Waals surface area contributed by atoms with E-state index in [0.717, 1.165) is 63.9 Å². The number of nitrogens with zero attached hydrogens (tertiary/aromatic N) is 1. The third-order valence-corrected chi connectivity index (χ3v) is 5.54. The van der Waals surface area contributed by atoms with Crippen LogP contribution >= 0.6 is 0 Å². The molecule has 0 radical (unpaired) electrons. The molecule has 0 aliphatic carbocycles.